The average Bonchev–Trinajstić information content (AvgIpc) is 2.26. The summed E-state index contributed by atoms with van der Waals surface area (Å²) in [5, 5.41) is 14.4. The summed E-state index contributed by atoms with van der Waals surface area (Å²) in [4.78, 5) is 23.9. The van der Waals surface area contributed by atoms with E-state index in [0.717, 1.165) is 13.1 Å². The summed E-state index contributed by atoms with van der Waals surface area (Å²) in [6.45, 7) is 4.51. The molecule has 3 N–H and O–H groups in total. The van der Waals surface area contributed by atoms with Gasteiger partial charge in [-0.1, -0.05) is 6.92 Å². The molecule has 1 atom stereocenters. The van der Waals surface area contributed by atoms with Gasteiger partial charge in [-0.3, -0.25) is 0 Å². The van der Waals surface area contributed by atoms with Gasteiger partial charge >= 0.3 is 12.0 Å². The Morgan fingerprint density at radius 1 is 1.47 bits per heavy atom. The number of aliphatic carboxylic acids is 1. The van der Waals surface area contributed by atoms with Crippen LogP contribution in [-0.4, -0.2) is 54.2 Å². The van der Waals surface area contributed by atoms with Crippen LogP contribution < -0.4 is 10.6 Å². The number of nitrogens with zero attached hydrogens (tertiary/aromatic N) is 1. The lowest BCUT2D eigenvalue weighted by molar-refractivity contribution is -0.139. The van der Waals surface area contributed by atoms with Gasteiger partial charge in [-0.15, -0.1) is 0 Å². The largest absolute Gasteiger partial charge is 0.480 e. The van der Waals surface area contributed by atoms with Gasteiger partial charge in [0.1, 0.15) is 6.04 Å². The molecule has 2 amide bonds. The fourth-order valence-electron chi connectivity index (χ4n) is 1.45. The van der Waals surface area contributed by atoms with E-state index in [-0.39, 0.29) is 6.03 Å². The molecule has 86 valence electrons. The molecular formula is C9H17N3O3. The number of nitrogens with one attached hydrogen (secondary N) is 2. The van der Waals surface area contributed by atoms with Crippen molar-refractivity contribution < 1.29 is 14.7 Å². The number of amides is 2. The van der Waals surface area contributed by atoms with E-state index in [1.54, 1.807) is 11.8 Å². The highest BCUT2D eigenvalue weighted by molar-refractivity contribution is 5.82. The predicted octanol–water partition coefficient (Wildman–Crippen LogP) is -0.536. The van der Waals surface area contributed by atoms with Gasteiger partial charge in [-0.2, -0.15) is 0 Å². The maximum atomic E-state index is 11.6. The minimum Gasteiger partial charge on any atom is -0.480 e. The monoisotopic (exact) mass is 215 g/mol. The Labute approximate surface area is 88.6 Å². The summed E-state index contributed by atoms with van der Waals surface area (Å²) < 4.78 is 0. The second-order valence-corrected chi connectivity index (χ2v) is 3.49. The van der Waals surface area contributed by atoms with Crippen molar-refractivity contribution in [2.45, 2.75) is 19.4 Å². The van der Waals surface area contributed by atoms with E-state index in [1.165, 1.54) is 0 Å². The zero-order chi connectivity index (χ0) is 11.3. The highest BCUT2D eigenvalue weighted by atomic mass is 16.4. The Morgan fingerprint density at radius 3 is 2.53 bits per heavy atom. The Bertz CT molecular complexity index is 239. The molecule has 1 aliphatic rings. The number of hydrogen-bond donors (Lipinski definition) is 3. The summed E-state index contributed by atoms with van der Waals surface area (Å²) in [7, 11) is 0. The molecule has 6 nitrogen and oxygen atoms in total. The van der Waals surface area contributed by atoms with Crippen LogP contribution in [0, 0.1) is 0 Å². The third-order valence-corrected chi connectivity index (χ3v) is 2.41. The number of carbonyl (C=O) groups is 2. The van der Waals surface area contributed by atoms with Crippen LogP contribution in [0.25, 0.3) is 0 Å². The molecule has 0 aromatic heterocycles. The molecule has 0 saturated carbocycles. The Hall–Kier alpha value is -1.30. The number of rotatable bonds is 3. The van der Waals surface area contributed by atoms with Gasteiger partial charge in [-0.05, 0) is 6.42 Å². The van der Waals surface area contributed by atoms with Crippen molar-refractivity contribution in [2.75, 3.05) is 26.2 Å². The molecular weight excluding hydrogens is 198 g/mol. The molecule has 1 fully saturated rings. The number of carbonyl (C=O) groups excluding carboxylic acids is 1. The van der Waals surface area contributed by atoms with E-state index in [4.69, 9.17) is 5.11 Å². The lowest BCUT2D eigenvalue weighted by Crippen LogP contribution is -2.53. The first-order valence-electron chi connectivity index (χ1n) is 5.14. The van der Waals surface area contributed by atoms with E-state index >= 15 is 0 Å². The normalized spacial score (nSPS) is 18.3. The fraction of sp³-hybridized carbons (Fsp3) is 0.778. The first kappa shape index (κ1) is 11.8. The van der Waals surface area contributed by atoms with Crippen LogP contribution in [0.3, 0.4) is 0 Å². The van der Waals surface area contributed by atoms with Gasteiger partial charge in [0.15, 0.2) is 0 Å². The maximum Gasteiger partial charge on any atom is 0.326 e. The van der Waals surface area contributed by atoms with E-state index in [1.807, 2.05) is 0 Å². The molecule has 6 heteroatoms. The van der Waals surface area contributed by atoms with Crippen LogP contribution in [0.2, 0.25) is 0 Å². The number of piperazine rings is 1. The molecule has 1 rings (SSSR count). The highest BCUT2D eigenvalue weighted by Crippen LogP contribution is 1.97. The van der Waals surface area contributed by atoms with Crippen molar-refractivity contribution >= 4 is 12.0 Å². The number of hydrogen-bond acceptors (Lipinski definition) is 3. The molecule has 0 spiro atoms. The predicted molar refractivity (Wildman–Crippen MR) is 54.7 cm³/mol. The number of urea groups is 1. The van der Waals surface area contributed by atoms with Crippen LogP contribution in [0.4, 0.5) is 4.79 Å². The van der Waals surface area contributed by atoms with E-state index in [0.29, 0.717) is 19.5 Å². The van der Waals surface area contributed by atoms with Crippen LogP contribution >= 0.6 is 0 Å². The van der Waals surface area contributed by atoms with Crippen molar-refractivity contribution in [1.82, 2.24) is 15.5 Å². The molecule has 0 aromatic rings. The van der Waals surface area contributed by atoms with Gasteiger partial charge in [0, 0.05) is 26.2 Å². The lowest BCUT2D eigenvalue weighted by atomic mass is 10.2. The first-order chi connectivity index (χ1) is 7.15. The van der Waals surface area contributed by atoms with Crippen molar-refractivity contribution in [3.05, 3.63) is 0 Å². The molecule has 0 unspecified atom stereocenters. The molecule has 0 aromatic carbocycles. The quantitative estimate of drug-likeness (QED) is 0.591. The molecule has 0 aliphatic carbocycles. The molecule has 0 bridgehead atoms. The van der Waals surface area contributed by atoms with Gasteiger partial charge < -0.3 is 20.6 Å². The second kappa shape index (κ2) is 5.55. The lowest BCUT2D eigenvalue weighted by Gasteiger charge is -2.28. The number of carboxylic acids is 1. The maximum absolute atomic E-state index is 11.6. The van der Waals surface area contributed by atoms with Crippen LogP contribution in [0.1, 0.15) is 13.3 Å². The SMILES string of the molecule is CC[C@@H](NC(=O)N1CCNCC1)C(=O)O. The summed E-state index contributed by atoms with van der Waals surface area (Å²) in [5.41, 5.74) is 0. The first-order valence-corrected chi connectivity index (χ1v) is 5.14. The smallest absolute Gasteiger partial charge is 0.326 e. The molecule has 0 radical (unpaired) electrons. The zero-order valence-corrected chi connectivity index (χ0v) is 8.82. The average molecular weight is 215 g/mol. The zero-order valence-electron chi connectivity index (χ0n) is 8.82. The second-order valence-electron chi connectivity index (χ2n) is 3.49. The van der Waals surface area contributed by atoms with E-state index < -0.39 is 12.0 Å². The van der Waals surface area contributed by atoms with Gasteiger partial charge in [-0.25, -0.2) is 9.59 Å². The molecule has 15 heavy (non-hydrogen) atoms. The topological polar surface area (TPSA) is 81.7 Å². The van der Waals surface area contributed by atoms with Gasteiger partial charge in [0.25, 0.3) is 0 Å². The van der Waals surface area contributed by atoms with Crippen LogP contribution in [0.5, 0.6) is 0 Å². The Balaban J connectivity index is 2.42. The van der Waals surface area contributed by atoms with Gasteiger partial charge in [0.2, 0.25) is 0 Å². The summed E-state index contributed by atoms with van der Waals surface area (Å²) in [6, 6.07) is -1.07. The van der Waals surface area contributed by atoms with Crippen molar-refractivity contribution in [2.24, 2.45) is 0 Å². The third kappa shape index (κ3) is 3.39. The van der Waals surface area contributed by atoms with E-state index in [2.05, 4.69) is 10.6 Å². The highest BCUT2D eigenvalue weighted by Gasteiger charge is 2.22. The molecule has 1 saturated heterocycles. The minimum absolute atomic E-state index is 0.286. The van der Waals surface area contributed by atoms with Crippen molar-refractivity contribution in [3.8, 4) is 0 Å². The Kier molecular flexibility index (Phi) is 4.36. The summed E-state index contributed by atoms with van der Waals surface area (Å²) in [6.07, 6.45) is 0.396. The standard InChI is InChI=1S/C9H17N3O3/c1-2-7(8(13)14)11-9(15)12-5-3-10-4-6-12/h7,10H,2-6H2,1H3,(H,11,15)(H,13,14)/t7-/m1/s1. The molecule has 1 heterocycles. The van der Waals surface area contributed by atoms with Crippen molar-refractivity contribution in [3.63, 3.8) is 0 Å². The number of carboxylic acid groups (broad SMARTS) is 1. The molecule has 1 aliphatic heterocycles. The Morgan fingerprint density at radius 2 is 2.07 bits per heavy atom. The fourth-order valence-corrected chi connectivity index (χ4v) is 1.45. The van der Waals surface area contributed by atoms with Crippen LogP contribution in [-0.2, 0) is 4.79 Å². The summed E-state index contributed by atoms with van der Waals surface area (Å²) in [5.74, 6) is -0.985. The summed E-state index contributed by atoms with van der Waals surface area (Å²) >= 11 is 0. The van der Waals surface area contributed by atoms with E-state index in [9.17, 15) is 9.59 Å². The van der Waals surface area contributed by atoms with Crippen LogP contribution in [0.15, 0.2) is 0 Å². The minimum atomic E-state index is -0.985. The van der Waals surface area contributed by atoms with Gasteiger partial charge in [0.05, 0.1) is 0 Å². The van der Waals surface area contributed by atoms with Crippen molar-refractivity contribution in [1.29, 1.82) is 0 Å². The third-order valence-electron chi connectivity index (χ3n) is 2.41.